The fourth-order valence-electron chi connectivity index (χ4n) is 2.04. The summed E-state index contributed by atoms with van der Waals surface area (Å²) in [7, 11) is 1.70. The minimum atomic E-state index is 0.148. The summed E-state index contributed by atoms with van der Waals surface area (Å²) in [6.07, 6.45) is 4.32. The second kappa shape index (κ2) is 6.14. The molecule has 20 heavy (non-hydrogen) atoms. The molecule has 0 fully saturated rings. The molecule has 0 aliphatic carbocycles. The zero-order chi connectivity index (χ0) is 14.6. The summed E-state index contributed by atoms with van der Waals surface area (Å²) < 4.78 is 7.46. The van der Waals surface area contributed by atoms with Crippen LogP contribution in [0.1, 0.15) is 31.9 Å². The number of hydrogen-bond donors (Lipinski definition) is 1. The quantitative estimate of drug-likeness (QED) is 0.902. The summed E-state index contributed by atoms with van der Waals surface area (Å²) in [5, 5.41) is 3.50. The van der Waals surface area contributed by atoms with E-state index in [1.807, 2.05) is 12.1 Å². The molecule has 1 aromatic heterocycles. The van der Waals surface area contributed by atoms with Crippen molar-refractivity contribution in [3.63, 3.8) is 0 Å². The molecule has 0 saturated heterocycles. The van der Waals surface area contributed by atoms with E-state index in [1.165, 1.54) is 11.1 Å². The van der Waals surface area contributed by atoms with Crippen LogP contribution in [-0.4, -0.2) is 17.2 Å². The molecule has 0 aliphatic heterocycles. The van der Waals surface area contributed by atoms with Crippen molar-refractivity contribution in [3.8, 4) is 5.75 Å². The third-order valence-electron chi connectivity index (χ3n) is 3.13. The third kappa shape index (κ3) is 4.42. The largest absolute Gasteiger partial charge is 0.497 e. The van der Waals surface area contributed by atoms with Crippen molar-refractivity contribution in [2.45, 2.75) is 39.4 Å². The molecule has 3 nitrogen and oxygen atoms in total. The second-order valence-corrected chi connectivity index (χ2v) is 6.15. The lowest BCUT2D eigenvalue weighted by Crippen LogP contribution is -2.34. The van der Waals surface area contributed by atoms with Gasteiger partial charge in [-0.25, -0.2) is 0 Å². The van der Waals surface area contributed by atoms with Gasteiger partial charge in [-0.05, 0) is 50.1 Å². The number of hydrogen-bond acceptors (Lipinski definition) is 2. The van der Waals surface area contributed by atoms with Crippen LogP contribution in [-0.2, 0) is 13.1 Å². The Bertz CT molecular complexity index is 552. The summed E-state index contributed by atoms with van der Waals surface area (Å²) in [4.78, 5) is 0. The summed E-state index contributed by atoms with van der Waals surface area (Å²) in [6.45, 7) is 8.31. The van der Waals surface area contributed by atoms with Crippen molar-refractivity contribution in [3.05, 3.63) is 53.9 Å². The Kier molecular flexibility index (Phi) is 4.50. The van der Waals surface area contributed by atoms with Crippen molar-refractivity contribution < 1.29 is 4.74 Å². The van der Waals surface area contributed by atoms with Gasteiger partial charge in [0.1, 0.15) is 5.75 Å². The molecule has 0 unspecified atom stereocenters. The summed E-state index contributed by atoms with van der Waals surface area (Å²) in [6, 6.07) is 10.4. The summed E-state index contributed by atoms with van der Waals surface area (Å²) in [5.74, 6) is 0.907. The molecule has 0 radical (unpaired) electrons. The van der Waals surface area contributed by atoms with Gasteiger partial charge in [0.15, 0.2) is 0 Å². The fraction of sp³-hybridized carbons (Fsp3) is 0.412. The number of methoxy groups -OCH3 is 1. The predicted molar refractivity (Wildman–Crippen MR) is 83.1 cm³/mol. The highest BCUT2D eigenvalue weighted by Crippen LogP contribution is 2.14. The Hall–Kier alpha value is -1.74. The van der Waals surface area contributed by atoms with Gasteiger partial charge in [-0.1, -0.05) is 12.1 Å². The number of benzene rings is 1. The first-order valence-corrected chi connectivity index (χ1v) is 6.99. The van der Waals surface area contributed by atoms with E-state index in [9.17, 15) is 0 Å². The lowest BCUT2D eigenvalue weighted by molar-refractivity contribution is 0.414. The van der Waals surface area contributed by atoms with Gasteiger partial charge in [0.25, 0.3) is 0 Å². The van der Waals surface area contributed by atoms with Crippen LogP contribution in [0.15, 0.2) is 42.7 Å². The number of rotatable bonds is 5. The maximum atomic E-state index is 5.25. The second-order valence-electron chi connectivity index (χ2n) is 6.15. The molecule has 0 atom stereocenters. The van der Waals surface area contributed by atoms with Crippen molar-refractivity contribution in [2.75, 3.05) is 7.11 Å². The van der Waals surface area contributed by atoms with E-state index < -0.39 is 0 Å². The van der Waals surface area contributed by atoms with Crippen molar-refractivity contribution in [2.24, 2.45) is 0 Å². The van der Waals surface area contributed by atoms with Crippen LogP contribution < -0.4 is 10.1 Å². The van der Waals surface area contributed by atoms with Crippen molar-refractivity contribution >= 4 is 0 Å². The van der Waals surface area contributed by atoms with Crippen LogP contribution in [0.3, 0.4) is 0 Å². The molecule has 0 spiro atoms. The highest BCUT2D eigenvalue weighted by molar-refractivity contribution is 5.28. The lowest BCUT2D eigenvalue weighted by Gasteiger charge is -2.19. The minimum absolute atomic E-state index is 0.148. The normalized spacial score (nSPS) is 11.6. The van der Waals surface area contributed by atoms with Gasteiger partial charge in [0, 0.05) is 31.0 Å². The highest BCUT2D eigenvalue weighted by Gasteiger charge is 2.08. The van der Waals surface area contributed by atoms with Gasteiger partial charge in [0.2, 0.25) is 0 Å². The first kappa shape index (κ1) is 14.7. The molecule has 0 amide bonds. The molecule has 1 aromatic carbocycles. The smallest absolute Gasteiger partial charge is 0.119 e. The number of ether oxygens (including phenoxy) is 1. The monoisotopic (exact) mass is 272 g/mol. The van der Waals surface area contributed by atoms with Gasteiger partial charge in [0.05, 0.1) is 7.11 Å². The average Bonchev–Trinajstić information content (AvgIpc) is 2.83. The number of nitrogens with zero attached hydrogens (tertiary/aromatic N) is 1. The van der Waals surface area contributed by atoms with Crippen LogP contribution in [0.5, 0.6) is 5.75 Å². The molecule has 0 saturated carbocycles. The Morgan fingerprint density at radius 2 is 1.95 bits per heavy atom. The molecule has 2 aromatic rings. The molecule has 2 rings (SSSR count). The standard InChI is InChI=1S/C17H24N2O/c1-17(2,3)18-11-15-8-9-19(13-15)12-14-6-5-7-16(10-14)20-4/h5-10,13,18H,11-12H2,1-4H3. The maximum absolute atomic E-state index is 5.25. The predicted octanol–water partition coefficient (Wildman–Crippen LogP) is 3.43. The molecule has 0 bridgehead atoms. The first-order chi connectivity index (χ1) is 9.46. The average molecular weight is 272 g/mol. The third-order valence-corrected chi connectivity index (χ3v) is 3.13. The van der Waals surface area contributed by atoms with Crippen LogP contribution in [0, 0.1) is 0 Å². The van der Waals surface area contributed by atoms with Gasteiger partial charge >= 0.3 is 0 Å². The molecule has 1 N–H and O–H groups in total. The topological polar surface area (TPSA) is 26.2 Å². The highest BCUT2D eigenvalue weighted by atomic mass is 16.5. The van der Waals surface area contributed by atoms with Crippen molar-refractivity contribution in [1.82, 2.24) is 9.88 Å². The Labute approximate surface area is 121 Å². The molecule has 3 heteroatoms. The zero-order valence-electron chi connectivity index (χ0n) is 12.8. The van der Waals surface area contributed by atoms with E-state index in [1.54, 1.807) is 7.11 Å². The van der Waals surface area contributed by atoms with Gasteiger partial charge in [-0.2, -0.15) is 0 Å². The van der Waals surface area contributed by atoms with Crippen LogP contribution >= 0.6 is 0 Å². The van der Waals surface area contributed by atoms with Gasteiger partial charge in [-0.15, -0.1) is 0 Å². The maximum Gasteiger partial charge on any atom is 0.119 e. The summed E-state index contributed by atoms with van der Waals surface area (Å²) >= 11 is 0. The molecular formula is C17H24N2O. The van der Waals surface area contributed by atoms with Crippen LogP contribution in [0.4, 0.5) is 0 Å². The first-order valence-electron chi connectivity index (χ1n) is 6.99. The zero-order valence-corrected chi connectivity index (χ0v) is 12.8. The lowest BCUT2D eigenvalue weighted by atomic mass is 10.1. The number of aromatic nitrogens is 1. The van der Waals surface area contributed by atoms with E-state index in [0.717, 1.165) is 18.8 Å². The minimum Gasteiger partial charge on any atom is -0.497 e. The molecule has 108 valence electrons. The van der Waals surface area contributed by atoms with Crippen LogP contribution in [0.2, 0.25) is 0 Å². The van der Waals surface area contributed by atoms with E-state index in [4.69, 9.17) is 4.74 Å². The SMILES string of the molecule is COc1cccc(Cn2ccc(CNC(C)(C)C)c2)c1. The van der Waals surface area contributed by atoms with E-state index in [2.05, 4.69) is 61.2 Å². The van der Waals surface area contributed by atoms with E-state index in [0.29, 0.717) is 0 Å². The van der Waals surface area contributed by atoms with E-state index in [-0.39, 0.29) is 5.54 Å². The molecular weight excluding hydrogens is 248 g/mol. The van der Waals surface area contributed by atoms with Gasteiger partial charge < -0.3 is 14.6 Å². The Morgan fingerprint density at radius 1 is 1.15 bits per heavy atom. The molecule has 0 aliphatic rings. The Balaban J connectivity index is 1.98. The summed E-state index contributed by atoms with van der Waals surface area (Å²) in [5.41, 5.74) is 2.70. The van der Waals surface area contributed by atoms with Crippen LogP contribution in [0.25, 0.3) is 0 Å². The van der Waals surface area contributed by atoms with E-state index >= 15 is 0 Å². The fourth-order valence-corrected chi connectivity index (χ4v) is 2.04. The number of nitrogens with one attached hydrogen (secondary N) is 1. The Morgan fingerprint density at radius 3 is 2.65 bits per heavy atom. The van der Waals surface area contributed by atoms with Crippen molar-refractivity contribution in [1.29, 1.82) is 0 Å². The van der Waals surface area contributed by atoms with Gasteiger partial charge in [-0.3, -0.25) is 0 Å². The molecule has 1 heterocycles.